The highest BCUT2D eigenvalue weighted by atomic mass is 31.2. The van der Waals surface area contributed by atoms with Gasteiger partial charge in [-0.25, -0.2) is 9.09 Å². The van der Waals surface area contributed by atoms with Gasteiger partial charge < -0.3 is 32.7 Å². The van der Waals surface area contributed by atoms with Crippen molar-refractivity contribution < 1.29 is 61.0 Å². The third kappa shape index (κ3) is 9.08. The average molecular weight is 580 g/mol. The molecule has 0 aliphatic carbocycles. The predicted octanol–water partition coefficient (Wildman–Crippen LogP) is 3.35. The molecule has 1 saturated heterocycles. The molecule has 0 amide bonds. The maximum absolute atomic E-state index is 14.0. The molecule has 0 spiro atoms. The summed E-state index contributed by atoms with van der Waals surface area (Å²) < 4.78 is 58.0. The fourth-order valence-corrected chi connectivity index (χ4v) is 4.99. The Morgan fingerprint density at radius 3 is 1.57 bits per heavy atom. The van der Waals surface area contributed by atoms with Gasteiger partial charge in [0.1, 0.15) is 24.2 Å². The number of rotatable bonds is 11. The Morgan fingerprint density at radius 2 is 1.12 bits per heavy atom. The summed E-state index contributed by atoms with van der Waals surface area (Å²) in [5.74, 6) is -2.98. The van der Waals surface area contributed by atoms with Crippen LogP contribution in [-0.4, -0.2) is 61.2 Å². The van der Waals surface area contributed by atoms with Crippen molar-refractivity contribution in [1.29, 1.82) is 0 Å². The third-order valence-corrected chi connectivity index (χ3v) is 6.44. The molecule has 0 bridgehead atoms. The number of para-hydroxylation sites is 2. The van der Waals surface area contributed by atoms with Crippen molar-refractivity contribution in [1.82, 2.24) is 0 Å². The van der Waals surface area contributed by atoms with Crippen LogP contribution < -0.4 is 9.05 Å². The summed E-state index contributed by atoms with van der Waals surface area (Å²) in [6.45, 7) is 3.87. The second-order valence-corrected chi connectivity index (χ2v) is 9.90. The van der Waals surface area contributed by atoms with Crippen LogP contribution in [0.15, 0.2) is 60.7 Å². The zero-order valence-corrected chi connectivity index (χ0v) is 23.0. The number of hydrogen-bond donors (Lipinski definition) is 0. The first-order chi connectivity index (χ1) is 19.0. The van der Waals surface area contributed by atoms with E-state index in [1.165, 1.54) is 24.3 Å². The molecule has 0 radical (unpaired) electrons. The van der Waals surface area contributed by atoms with E-state index < -0.39 is 69.0 Å². The van der Waals surface area contributed by atoms with Crippen LogP contribution in [0.3, 0.4) is 0 Å². The molecule has 0 saturated carbocycles. The molecule has 5 atom stereocenters. The van der Waals surface area contributed by atoms with Gasteiger partial charge in [0, 0.05) is 27.7 Å². The molecular formula is C26H29O13P. The number of phosphoric ester groups is 1. The first-order valence-electron chi connectivity index (χ1n) is 12.0. The van der Waals surface area contributed by atoms with E-state index in [9.17, 15) is 23.7 Å². The number of hydrogen-bond acceptors (Lipinski definition) is 13. The molecular weight excluding hydrogens is 551 g/mol. The summed E-state index contributed by atoms with van der Waals surface area (Å²) in [5.41, 5.74) is 0. The Kier molecular flexibility index (Phi) is 10.7. The van der Waals surface area contributed by atoms with Gasteiger partial charge >= 0.3 is 31.7 Å². The maximum atomic E-state index is 14.0. The summed E-state index contributed by atoms with van der Waals surface area (Å²) in [6, 6.07) is 15.9. The summed E-state index contributed by atoms with van der Waals surface area (Å²) in [7, 11) is -4.66. The number of esters is 4. The summed E-state index contributed by atoms with van der Waals surface area (Å²) >= 11 is 0. The molecule has 1 fully saturated rings. The first kappa shape index (κ1) is 30.6. The second kappa shape index (κ2) is 13.9. The fraction of sp³-hybridized carbons (Fsp3) is 0.385. The molecule has 0 unspecified atom stereocenters. The molecule has 1 aliphatic rings. The van der Waals surface area contributed by atoms with Crippen molar-refractivity contribution in [3.63, 3.8) is 0 Å². The van der Waals surface area contributed by atoms with Gasteiger partial charge in [-0.3, -0.25) is 19.2 Å². The van der Waals surface area contributed by atoms with E-state index in [0.717, 1.165) is 27.7 Å². The molecule has 0 aromatic heterocycles. The lowest BCUT2D eigenvalue weighted by Crippen LogP contribution is -2.62. The van der Waals surface area contributed by atoms with Crippen molar-refractivity contribution in [3.05, 3.63) is 60.7 Å². The second-order valence-electron chi connectivity index (χ2n) is 8.43. The van der Waals surface area contributed by atoms with Crippen LogP contribution in [0.4, 0.5) is 0 Å². The molecule has 14 heteroatoms. The quantitative estimate of drug-likeness (QED) is 0.217. The minimum atomic E-state index is -4.66. The van der Waals surface area contributed by atoms with E-state index >= 15 is 0 Å². The van der Waals surface area contributed by atoms with Crippen LogP contribution in [0.1, 0.15) is 27.7 Å². The van der Waals surface area contributed by atoms with Gasteiger partial charge in [-0.1, -0.05) is 36.4 Å². The first-order valence-corrected chi connectivity index (χ1v) is 13.5. The van der Waals surface area contributed by atoms with E-state index in [2.05, 4.69) is 0 Å². The minimum absolute atomic E-state index is 0.104. The normalized spacial score (nSPS) is 22.4. The Morgan fingerprint density at radius 1 is 0.675 bits per heavy atom. The Hall–Kier alpha value is -3.93. The highest BCUT2D eigenvalue weighted by Gasteiger charge is 2.55. The largest absolute Gasteiger partial charge is 0.590 e. The van der Waals surface area contributed by atoms with Gasteiger partial charge in [-0.2, -0.15) is 0 Å². The van der Waals surface area contributed by atoms with E-state index in [1.807, 2.05) is 0 Å². The Bertz CT molecular complexity index is 1170. The van der Waals surface area contributed by atoms with Crippen LogP contribution >= 0.6 is 7.82 Å². The molecule has 3 rings (SSSR count). The van der Waals surface area contributed by atoms with Crippen LogP contribution in [-0.2, 0) is 52.0 Å². The monoisotopic (exact) mass is 580 g/mol. The average Bonchev–Trinajstić information content (AvgIpc) is 2.86. The number of phosphoric acid groups is 1. The van der Waals surface area contributed by atoms with Crippen LogP contribution in [0.2, 0.25) is 0 Å². The van der Waals surface area contributed by atoms with Gasteiger partial charge in [-0.15, -0.1) is 0 Å². The summed E-state index contributed by atoms with van der Waals surface area (Å²) in [4.78, 5) is 47.6. The van der Waals surface area contributed by atoms with E-state index in [1.54, 1.807) is 36.4 Å². The molecule has 216 valence electrons. The SMILES string of the molecule is CC(=O)OC[C@H]1O[C@H](OP(=O)(Oc2ccccc2)Oc2ccccc2)[C@H](OC(C)=O)[C@@H](OC(C)=O)[C@H]1OC(C)=O. The molecule has 1 aliphatic heterocycles. The fourth-order valence-electron chi connectivity index (χ4n) is 3.68. The molecule has 13 nitrogen and oxygen atoms in total. The Balaban J connectivity index is 2.05. The van der Waals surface area contributed by atoms with Crippen molar-refractivity contribution in [2.24, 2.45) is 0 Å². The van der Waals surface area contributed by atoms with Gasteiger partial charge in [0.25, 0.3) is 0 Å². The van der Waals surface area contributed by atoms with Crippen LogP contribution in [0.5, 0.6) is 11.5 Å². The minimum Gasteiger partial charge on any atom is -0.463 e. The van der Waals surface area contributed by atoms with Crippen LogP contribution in [0, 0.1) is 0 Å². The number of benzene rings is 2. The Labute approximate surface area is 230 Å². The van der Waals surface area contributed by atoms with Gasteiger partial charge in [0.2, 0.25) is 6.29 Å². The zero-order chi connectivity index (χ0) is 29.3. The number of carbonyl (C=O) groups is 4. The highest BCUT2D eigenvalue weighted by molar-refractivity contribution is 7.49. The lowest BCUT2D eigenvalue weighted by atomic mass is 9.98. The van der Waals surface area contributed by atoms with Gasteiger partial charge in [-0.05, 0) is 24.3 Å². The molecule has 1 heterocycles. The summed E-state index contributed by atoms with van der Waals surface area (Å²) in [5, 5.41) is 0. The number of carbonyl (C=O) groups excluding carboxylic acids is 4. The van der Waals surface area contributed by atoms with E-state index in [0.29, 0.717) is 0 Å². The molecule has 2 aromatic carbocycles. The van der Waals surface area contributed by atoms with Gasteiger partial charge in [0.15, 0.2) is 18.3 Å². The van der Waals surface area contributed by atoms with Crippen molar-refractivity contribution in [2.45, 2.75) is 58.4 Å². The van der Waals surface area contributed by atoms with Crippen LogP contribution in [0.25, 0.3) is 0 Å². The lowest BCUT2D eigenvalue weighted by molar-refractivity contribution is -0.290. The van der Waals surface area contributed by atoms with Gasteiger partial charge in [0.05, 0.1) is 0 Å². The standard InChI is InChI=1S/C26H29O13P/c1-16(27)32-15-22-23(33-17(2)28)24(34-18(3)29)25(35-19(4)30)26(36-22)39-40(31,37-20-11-7-5-8-12-20)38-21-13-9-6-10-14-21/h5-14,22-26H,15H2,1-4H3/t22-,23+,24+,25-,26-/m1/s1. The predicted molar refractivity (Wildman–Crippen MR) is 135 cm³/mol. The van der Waals surface area contributed by atoms with E-state index in [-0.39, 0.29) is 11.5 Å². The number of ether oxygens (including phenoxy) is 5. The van der Waals surface area contributed by atoms with Crippen molar-refractivity contribution in [2.75, 3.05) is 6.61 Å². The zero-order valence-electron chi connectivity index (χ0n) is 22.1. The highest BCUT2D eigenvalue weighted by Crippen LogP contribution is 2.52. The smallest absolute Gasteiger partial charge is 0.463 e. The topological polar surface area (TPSA) is 159 Å². The van der Waals surface area contributed by atoms with Crippen molar-refractivity contribution >= 4 is 31.7 Å². The lowest BCUT2D eigenvalue weighted by Gasteiger charge is -2.44. The molecule has 40 heavy (non-hydrogen) atoms. The maximum Gasteiger partial charge on any atom is 0.590 e. The third-order valence-electron chi connectivity index (χ3n) is 5.10. The molecule has 2 aromatic rings. The summed E-state index contributed by atoms with van der Waals surface area (Å²) in [6.07, 6.45) is -7.71. The van der Waals surface area contributed by atoms with Crippen molar-refractivity contribution in [3.8, 4) is 11.5 Å². The van der Waals surface area contributed by atoms with E-state index in [4.69, 9.17) is 37.3 Å². The molecule has 0 N–H and O–H groups in total.